The molecule has 2 amide bonds. The highest BCUT2D eigenvalue weighted by molar-refractivity contribution is 8.00. The van der Waals surface area contributed by atoms with Gasteiger partial charge in [0.2, 0.25) is 5.91 Å². The average Bonchev–Trinajstić information content (AvgIpc) is 2.74. The van der Waals surface area contributed by atoms with Gasteiger partial charge in [0.05, 0.1) is 17.4 Å². The van der Waals surface area contributed by atoms with Crippen molar-refractivity contribution < 1.29 is 9.59 Å². The number of amides is 2. The van der Waals surface area contributed by atoms with E-state index in [0.717, 1.165) is 21.7 Å². The predicted octanol–water partition coefficient (Wildman–Crippen LogP) is 5.87. The molecular formula is C24H23ClN2O2S. The quantitative estimate of drug-likeness (QED) is 0.453. The normalized spacial score (nSPS) is 11.6. The van der Waals surface area contributed by atoms with Crippen molar-refractivity contribution in [3.63, 3.8) is 0 Å². The van der Waals surface area contributed by atoms with E-state index >= 15 is 0 Å². The van der Waals surface area contributed by atoms with Crippen molar-refractivity contribution in [2.45, 2.75) is 24.8 Å². The van der Waals surface area contributed by atoms with Gasteiger partial charge in [0.25, 0.3) is 5.91 Å². The van der Waals surface area contributed by atoms with Crippen LogP contribution >= 0.6 is 23.4 Å². The molecule has 0 fully saturated rings. The van der Waals surface area contributed by atoms with Gasteiger partial charge in [-0.2, -0.15) is 0 Å². The summed E-state index contributed by atoms with van der Waals surface area (Å²) in [5.41, 5.74) is 3.41. The Bertz CT molecular complexity index is 1020. The maximum absolute atomic E-state index is 12.8. The van der Waals surface area contributed by atoms with E-state index in [1.807, 2.05) is 68.4 Å². The van der Waals surface area contributed by atoms with E-state index in [2.05, 4.69) is 10.6 Å². The molecule has 30 heavy (non-hydrogen) atoms. The molecule has 0 radical (unpaired) electrons. The Balaban J connectivity index is 1.61. The minimum Gasteiger partial charge on any atom is -0.345 e. The zero-order chi connectivity index (χ0) is 21.5. The number of thioether (sulfide) groups is 1. The lowest BCUT2D eigenvalue weighted by Gasteiger charge is -2.16. The molecule has 6 heteroatoms. The highest BCUT2D eigenvalue weighted by Crippen LogP contribution is 2.24. The molecule has 0 aliphatic rings. The molecule has 1 atom stereocenters. The largest absolute Gasteiger partial charge is 0.345 e. The molecule has 1 unspecified atom stereocenters. The number of benzene rings is 3. The average molecular weight is 439 g/mol. The molecule has 0 spiro atoms. The van der Waals surface area contributed by atoms with Crippen molar-refractivity contribution in [1.29, 1.82) is 0 Å². The molecule has 2 N–H and O–H groups in total. The fourth-order valence-corrected chi connectivity index (χ4v) is 3.84. The Hall–Kier alpha value is -2.76. The molecule has 3 aromatic rings. The zero-order valence-electron chi connectivity index (χ0n) is 16.8. The Morgan fingerprint density at radius 2 is 1.63 bits per heavy atom. The first-order valence-electron chi connectivity index (χ1n) is 9.57. The molecule has 0 aliphatic heterocycles. The smallest absolute Gasteiger partial charge is 0.252 e. The highest BCUT2D eigenvalue weighted by Gasteiger charge is 2.16. The van der Waals surface area contributed by atoms with E-state index in [1.54, 1.807) is 18.2 Å². The molecule has 0 aromatic heterocycles. The summed E-state index contributed by atoms with van der Waals surface area (Å²) in [7, 11) is 0. The van der Waals surface area contributed by atoms with Crippen LogP contribution in [0.5, 0.6) is 0 Å². The number of anilines is 1. The summed E-state index contributed by atoms with van der Waals surface area (Å²) in [6.45, 7) is 3.92. The number of halogens is 1. The Labute approximate surface area is 186 Å². The third kappa shape index (κ3) is 6.12. The predicted molar refractivity (Wildman–Crippen MR) is 124 cm³/mol. The zero-order valence-corrected chi connectivity index (χ0v) is 18.4. The summed E-state index contributed by atoms with van der Waals surface area (Å²) < 4.78 is 0. The van der Waals surface area contributed by atoms with E-state index in [0.29, 0.717) is 10.6 Å². The summed E-state index contributed by atoms with van der Waals surface area (Å²) in [6, 6.07) is 22.2. The van der Waals surface area contributed by atoms with Crippen molar-refractivity contribution in [2.75, 3.05) is 11.1 Å². The number of hydrogen-bond donors (Lipinski definition) is 2. The Morgan fingerprint density at radius 3 is 2.33 bits per heavy atom. The molecule has 0 saturated heterocycles. The van der Waals surface area contributed by atoms with Crippen LogP contribution in [0.3, 0.4) is 0 Å². The summed E-state index contributed by atoms with van der Waals surface area (Å²) >= 11 is 7.27. The minimum absolute atomic E-state index is 0.117. The number of carbonyl (C=O) groups excluding carboxylic acids is 2. The lowest BCUT2D eigenvalue weighted by Crippen LogP contribution is -2.27. The Morgan fingerprint density at radius 1 is 0.967 bits per heavy atom. The van der Waals surface area contributed by atoms with Gasteiger partial charge in [0, 0.05) is 15.6 Å². The Kier molecular flexibility index (Phi) is 7.55. The highest BCUT2D eigenvalue weighted by atomic mass is 35.5. The van der Waals surface area contributed by atoms with Gasteiger partial charge in [0.15, 0.2) is 0 Å². The summed E-state index contributed by atoms with van der Waals surface area (Å²) in [5, 5.41) is 6.54. The fourth-order valence-electron chi connectivity index (χ4n) is 2.87. The van der Waals surface area contributed by atoms with E-state index in [9.17, 15) is 9.59 Å². The second kappa shape index (κ2) is 10.3. The second-order valence-electron chi connectivity index (χ2n) is 6.95. The van der Waals surface area contributed by atoms with Crippen LogP contribution in [0.1, 0.15) is 34.5 Å². The van der Waals surface area contributed by atoms with Gasteiger partial charge >= 0.3 is 0 Å². The number of rotatable bonds is 7. The summed E-state index contributed by atoms with van der Waals surface area (Å²) in [5.74, 6) is -0.0849. The van der Waals surface area contributed by atoms with Gasteiger partial charge in [-0.3, -0.25) is 9.59 Å². The third-order valence-corrected chi connectivity index (χ3v) is 5.87. The lowest BCUT2D eigenvalue weighted by molar-refractivity contribution is -0.113. The SMILES string of the molecule is Cc1ccc(NC(=O)CSc2ccccc2C(=O)NC(C)c2ccc(Cl)cc2)cc1. The van der Waals surface area contributed by atoms with Gasteiger partial charge in [-0.1, -0.05) is 53.6 Å². The van der Waals surface area contributed by atoms with Crippen molar-refractivity contribution in [3.8, 4) is 0 Å². The maximum Gasteiger partial charge on any atom is 0.252 e. The molecule has 0 heterocycles. The fraction of sp³-hybridized carbons (Fsp3) is 0.167. The molecule has 0 aliphatic carbocycles. The first kappa shape index (κ1) is 21.9. The molecule has 3 rings (SSSR count). The van der Waals surface area contributed by atoms with E-state index < -0.39 is 0 Å². The van der Waals surface area contributed by atoms with Crippen molar-refractivity contribution in [1.82, 2.24) is 5.32 Å². The van der Waals surface area contributed by atoms with Crippen LogP contribution in [0.15, 0.2) is 77.7 Å². The van der Waals surface area contributed by atoms with Gasteiger partial charge in [-0.05, 0) is 55.8 Å². The van der Waals surface area contributed by atoms with Gasteiger partial charge < -0.3 is 10.6 Å². The van der Waals surface area contributed by atoms with Gasteiger partial charge in [0.1, 0.15) is 0 Å². The van der Waals surface area contributed by atoms with E-state index in [1.165, 1.54) is 11.8 Å². The number of nitrogens with one attached hydrogen (secondary N) is 2. The maximum atomic E-state index is 12.8. The first-order valence-corrected chi connectivity index (χ1v) is 10.9. The van der Waals surface area contributed by atoms with Crippen LogP contribution in [-0.4, -0.2) is 17.6 Å². The van der Waals surface area contributed by atoms with Crippen molar-refractivity contribution in [3.05, 3.63) is 94.5 Å². The van der Waals surface area contributed by atoms with Crippen molar-refractivity contribution in [2.24, 2.45) is 0 Å². The van der Waals surface area contributed by atoms with Gasteiger partial charge in [-0.25, -0.2) is 0 Å². The number of carbonyl (C=O) groups is 2. The number of aryl methyl sites for hydroxylation is 1. The molecular weight excluding hydrogens is 416 g/mol. The topological polar surface area (TPSA) is 58.2 Å². The lowest BCUT2D eigenvalue weighted by atomic mass is 10.1. The monoisotopic (exact) mass is 438 g/mol. The molecule has 0 bridgehead atoms. The van der Waals surface area contributed by atoms with Crippen LogP contribution in [0, 0.1) is 6.92 Å². The standard InChI is InChI=1S/C24H23ClN2O2S/c1-16-7-13-20(14-8-16)27-23(28)15-30-22-6-4-3-5-21(22)24(29)26-17(2)18-9-11-19(25)12-10-18/h3-14,17H,15H2,1-2H3,(H,26,29)(H,27,28). The first-order chi connectivity index (χ1) is 14.4. The summed E-state index contributed by atoms with van der Waals surface area (Å²) in [6.07, 6.45) is 0. The van der Waals surface area contributed by atoms with Crippen LogP contribution < -0.4 is 10.6 Å². The summed E-state index contributed by atoms with van der Waals surface area (Å²) in [4.78, 5) is 25.9. The van der Waals surface area contributed by atoms with Crippen LogP contribution in [-0.2, 0) is 4.79 Å². The second-order valence-corrected chi connectivity index (χ2v) is 8.40. The molecule has 3 aromatic carbocycles. The van der Waals surface area contributed by atoms with E-state index in [4.69, 9.17) is 11.6 Å². The molecule has 4 nitrogen and oxygen atoms in total. The van der Waals surface area contributed by atoms with E-state index in [-0.39, 0.29) is 23.6 Å². The third-order valence-electron chi connectivity index (χ3n) is 4.54. The van der Waals surface area contributed by atoms with Crippen molar-refractivity contribution >= 4 is 40.9 Å². The molecule has 0 saturated carbocycles. The molecule has 154 valence electrons. The van der Waals surface area contributed by atoms with Crippen LogP contribution in [0.2, 0.25) is 5.02 Å². The minimum atomic E-state index is -0.181. The van der Waals surface area contributed by atoms with Gasteiger partial charge in [-0.15, -0.1) is 11.8 Å². The van der Waals surface area contributed by atoms with Crippen LogP contribution in [0.4, 0.5) is 5.69 Å². The number of hydrogen-bond acceptors (Lipinski definition) is 3. The van der Waals surface area contributed by atoms with Crippen LogP contribution in [0.25, 0.3) is 0 Å².